The van der Waals surface area contributed by atoms with Crippen LogP contribution in [-0.2, 0) is 14.3 Å². The van der Waals surface area contributed by atoms with Gasteiger partial charge >= 0.3 is 5.97 Å². The topological polar surface area (TPSA) is 95.9 Å². The van der Waals surface area contributed by atoms with Gasteiger partial charge in [0, 0.05) is 6.42 Å². The van der Waals surface area contributed by atoms with E-state index in [9.17, 15) is 19.8 Å². The smallest absolute Gasteiger partial charge is 0.306 e. The van der Waals surface area contributed by atoms with Gasteiger partial charge in [-0.05, 0) is 77.0 Å². The van der Waals surface area contributed by atoms with Crippen molar-refractivity contribution in [2.45, 2.75) is 232 Å². The van der Waals surface area contributed by atoms with E-state index in [1.54, 1.807) is 0 Å². The summed E-state index contributed by atoms with van der Waals surface area (Å²) in [5.74, 6) is -0.616. The minimum Gasteiger partial charge on any atom is -0.462 e. The minimum absolute atomic E-state index is 0.0194. The van der Waals surface area contributed by atoms with Crippen molar-refractivity contribution in [3.05, 3.63) is 97.2 Å². The second-order valence-corrected chi connectivity index (χ2v) is 16.5. The molecule has 0 aliphatic carbocycles. The number of amides is 1. The summed E-state index contributed by atoms with van der Waals surface area (Å²) >= 11 is 0. The van der Waals surface area contributed by atoms with Gasteiger partial charge in [-0.1, -0.05) is 221 Å². The lowest BCUT2D eigenvalue weighted by Gasteiger charge is -2.24. The highest BCUT2D eigenvalue weighted by Crippen LogP contribution is 2.17. The first-order valence-electron chi connectivity index (χ1n) is 25.0. The Hall–Kier alpha value is -3.22. The van der Waals surface area contributed by atoms with E-state index in [-0.39, 0.29) is 31.3 Å². The molecule has 348 valence electrons. The van der Waals surface area contributed by atoms with Crippen LogP contribution in [0.4, 0.5) is 0 Å². The second-order valence-electron chi connectivity index (χ2n) is 16.5. The van der Waals surface area contributed by atoms with Gasteiger partial charge in [-0.15, -0.1) is 0 Å². The number of rotatable bonds is 43. The Morgan fingerprint density at radius 2 is 0.967 bits per heavy atom. The van der Waals surface area contributed by atoms with Crippen LogP contribution < -0.4 is 5.32 Å². The van der Waals surface area contributed by atoms with E-state index in [4.69, 9.17) is 4.74 Å². The lowest BCUT2D eigenvalue weighted by molar-refractivity contribution is -0.150. The van der Waals surface area contributed by atoms with Crippen LogP contribution in [0.25, 0.3) is 0 Å². The molecule has 3 atom stereocenters. The van der Waals surface area contributed by atoms with Crippen molar-refractivity contribution in [1.29, 1.82) is 0 Å². The molecule has 3 unspecified atom stereocenters. The summed E-state index contributed by atoms with van der Waals surface area (Å²) in [6.07, 6.45) is 63.4. The van der Waals surface area contributed by atoms with Gasteiger partial charge in [-0.25, -0.2) is 0 Å². The van der Waals surface area contributed by atoms with Crippen molar-refractivity contribution in [3.63, 3.8) is 0 Å². The molecule has 0 saturated heterocycles. The Morgan fingerprint density at radius 1 is 0.508 bits per heavy atom. The first-order chi connectivity index (χ1) is 30.0. The fraction of sp³-hybridized carbons (Fsp3) is 0.673. The van der Waals surface area contributed by atoms with Crippen LogP contribution in [0.1, 0.15) is 213 Å². The lowest BCUT2D eigenvalue weighted by Crippen LogP contribution is -2.46. The largest absolute Gasteiger partial charge is 0.462 e. The average Bonchev–Trinajstić information content (AvgIpc) is 3.25. The van der Waals surface area contributed by atoms with Gasteiger partial charge in [0.15, 0.2) is 0 Å². The van der Waals surface area contributed by atoms with E-state index >= 15 is 0 Å². The molecule has 0 fully saturated rings. The SMILES string of the molecule is CC/C=C/C=C/C=C\CCCCCC(CC(=O)NC(CO)C(O)CCCCCCCCCCCCCCCCC)OC(=O)CC/C=C/C/C=C/C/C=C/C/C=C/C/C=C/CC. The van der Waals surface area contributed by atoms with Crippen LogP contribution >= 0.6 is 0 Å². The molecule has 1 amide bonds. The number of carbonyl (C=O) groups is 2. The molecule has 0 radical (unpaired) electrons. The van der Waals surface area contributed by atoms with Crippen molar-refractivity contribution < 1.29 is 24.5 Å². The summed E-state index contributed by atoms with van der Waals surface area (Å²) < 4.78 is 5.86. The van der Waals surface area contributed by atoms with Crippen LogP contribution in [-0.4, -0.2) is 46.9 Å². The van der Waals surface area contributed by atoms with Crippen LogP contribution in [0.15, 0.2) is 97.2 Å². The molecular formula is C55H93NO5. The molecule has 0 heterocycles. The van der Waals surface area contributed by atoms with Gasteiger partial charge in [-0.3, -0.25) is 9.59 Å². The molecular weight excluding hydrogens is 755 g/mol. The van der Waals surface area contributed by atoms with E-state index in [1.807, 2.05) is 18.2 Å². The van der Waals surface area contributed by atoms with E-state index in [2.05, 4.69) is 105 Å². The molecule has 0 bridgehead atoms. The van der Waals surface area contributed by atoms with Crippen LogP contribution in [0, 0.1) is 0 Å². The molecule has 0 aromatic rings. The van der Waals surface area contributed by atoms with Gasteiger partial charge in [0.05, 0.1) is 25.2 Å². The van der Waals surface area contributed by atoms with Gasteiger partial charge in [0.2, 0.25) is 5.91 Å². The van der Waals surface area contributed by atoms with Crippen LogP contribution in [0.5, 0.6) is 0 Å². The third-order valence-electron chi connectivity index (χ3n) is 10.7. The van der Waals surface area contributed by atoms with Crippen LogP contribution in [0.2, 0.25) is 0 Å². The number of esters is 1. The number of hydrogen-bond donors (Lipinski definition) is 3. The Labute approximate surface area is 376 Å². The number of carbonyl (C=O) groups excluding carboxylic acids is 2. The summed E-state index contributed by atoms with van der Waals surface area (Å²) in [4.78, 5) is 26.0. The number of ether oxygens (including phenoxy) is 1. The number of nitrogens with one attached hydrogen (secondary N) is 1. The first kappa shape index (κ1) is 57.8. The van der Waals surface area contributed by atoms with E-state index in [0.29, 0.717) is 19.3 Å². The van der Waals surface area contributed by atoms with Crippen molar-refractivity contribution in [2.75, 3.05) is 6.61 Å². The quantitative estimate of drug-likeness (QED) is 0.0246. The summed E-state index contributed by atoms with van der Waals surface area (Å²) in [6, 6.07) is -0.732. The zero-order valence-electron chi connectivity index (χ0n) is 39.5. The molecule has 0 aliphatic rings. The van der Waals surface area contributed by atoms with E-state index < -0.39 is 18.2 Å². The predicted octanol–water partition coefficient (Wildman–Crippen LogP) is 14.9. The van der Waals surface area contributed by atoms with Crippen molar-refractivity contribution in [1.82, 2.24) is 5.32 Å². The molecule has 0 rings (SSSR count). The average molecular weight is 848 g/mol. The van der Waals surface area contributed by atoms with Crippen LogP contribution in [0.3, 0.4) is 0 Å². The molecule has 6 nitrogen and oxygen atoms in total. The maximum Gasteiger partial charge on any atom is 0.306 e. The zero-order valence-corrected chi connectivity index (χ0v) is 39.5. The van der Waals surface area contributed by atoms with E-state index in [1.165, 1.54) is 77.0 Å². The number of allylic oxidation sites excluding steroid dienone is 16. The molecule has 0 aromatic carbocycles. The Kier molecular flexibility index (Phi) is 45.3. The lowest BCUT2D eigenvalue weighted by atomic mass is 10.0. The standard InChI is InChI=1S/C55H93NO5/c1-4-7-10-13-16-19-22-24-26-28-30-33-36-39-42-45-48-55(60)61-51(46-43-40-37-34-31-21-18-15-12-9-6-3)49-54(59)56-52(50-57)53(58)47-44-41-38-35-32-29-27-25-23-20-17-14-11-8-5-2/h7,9-10,12,15-16,18-19,21,24,26,30-31,33,39,42,51-53,57-58H,4-6,8,11,13-14,17,20,22-23,25,27-29,32,34-38,40-41,43-50H2,1-3H3,(H,56,59)/b10-7+,12-9+,18-15+,19-16+,26-24+,31-21-,33-30+,42-39+. The minimum atomic E-state index is -0.814. The normalized spacial score (nSPS) is 14.1. The summed E-state index contributed by atoms with van der Waals surface area (Å²) in [5.41, 5.74) is 0. The number of unbranched alkanes of at least 4 members (excludes halogenated alkanes) is 17. The molecule has 61 heavy (non-hydrogen) atoms. The van der Waals surface area contributed by atoms with Crippen molar-refractivity contribution >= 4 is 11.9 Å². The highest BCUT2D eigenvalue weighted by atomic mass is 16.5. The molecule has 0 saturated carbocycles. The third kappa shape index (κ3) is 43.2. The number of aliphatic hydroxyl groups is 2. The molecule has 0 spiro atoms. The van der Waals surface area contributed by atoms with Gasteiger partial charge < -0.3 is 20.3 Å². The molecule has 3 N–H and O–H groups in total. The predicted molar refractivity (Wildman–Crippen MR) is 264 cm³/mol. The zero-order chi connectivity index (χ0) is 44.5. The first-order valence-corrected chi connectivity index (χ1v) is 25.0. The number of hydrogen-bond acceptors (Lipinski definition) is 5. The Bertz CT molecular complexity index is 1220. The number of aliphatic hydroxyl groups excluding tert-OH is 2. The highest BCUT2D eigenvalue weighted by molar-refractivity contribution is 5.77. The monoisotopic (exact) mass is 848 g/mol. The second kappa shape index (κ2) is 47.8. The van der Waals surface area contributed by atoms with Gasteiger partial charge in [0.1, 0.15) is 6.10 Å². The third-order valence-corrected chi connectivity index (χ3v) is 10.7. The van der Waals surface area contributed by atoms with Crippen molar-refractivity contribution in [3.8, 4) is 0 Å². The summed E-state index contributed by atoms with van der Waals surface area (Å²) in [5, 5.41) is 23.7. The van der Waals surface area contributed by atoms with Crippen molar-refractivity contribution in [2.24, 2.45) is 0 Å². The van der Waals surface area contributed by atoms with E-state index in [0.717, 1.165) is 83.5 Å². The summed E-state index contributed by atoms with van der Waals surface area (Å²) in [7, 11) is 0. The fourth-order valence-corrected chi connectivity index (χ4v) is 7.01. The molecule has 0 aliphatic heterocycles. The summed E-state index contributed by atoms with van der Waals surface area (Å²) in [6.45, 7) is 6.20. The Morgan fingerprint density at radius 3 is 1.49 bits per heavy atom. The molecule has 0 aromatic heterocycles. The Balaban J connectivity index is 4.68. The highest BCUT2D eigenvalue weighted by Gasteiger charge is 2.24. The fourth-order valence-electron chi connectivity index (χ4n) is 7.01. The van der Waals surface area contributed by atoms with Gasteiger partial charge in [-0.2, -0.15) is 0 Å². The maximum atomic E-state index is 13.2. The van der Waals surface area contributed by atoms with Gasteiger partial charge in [0.25, 0.3) is 0 Å². The molecule has 6 heteroatoms. The maximum absolute atomic E-state index is 13.2.